The second-order valence-electron chi connectivity index (χ2n) is 10.8. The Morgan fingerprint density at radius 1 is 0.394 bits per heavy atom. The van der Waals surface area contributed by atoms with E-state index in [4.69, 9.17) is 0 Å². The van der Waals surface area contributed by atoms with E-state index in [1.807, 2.05) is 0 Å². The summed E-state index contributed by atoms with van der Waals surface area (Å²) in [5, 5.41) is 0. The molecule has 1 unspecified atom stereocenters. The monoisotopic (exact) mass is 462 g/mol. The van der Waals surface area contributed by atoms with Crippen LogP contribution in [0.3, 0.4) is 0 Å². The SMILES string of the molecule is CCCCCCCCCCCCCN1C=CN(CCCCCCC)C1CCCCCCCC. The van der Waals surface area contributed by atoms with Crippen LogP contribution in [0.5, 0.6) is 0 Å². The Hall–Kier alpha value is -0.660. The van der Waals surface area contributed by atoms with Gasteiger partial charge in [-0.25, -0.2) is 0 Å². The van der Waals surface area contributed by atoms with E-state index in [1.54, 1.807) is 0 Å². The first-order valence-electron chi connectivity index (χ1n) is 15.5. The number of hydrogen-bond acceptors (Lipinski definition) is 2. The number of rotatable bonds is 25. The second-order valence-corrected chi connectivity index (χ2v) is 10.8. The fourth-order valence-corrected chi connectivity index (χ4v) is 5.30. The van der Waals surface area contributed by atoms with E-state index in [0.717, 1.165) is 0 Å². The van der Waals surface area contributed by atoms with Crippen LogP contribution in [0.1, 0.15) is 168 Å². The lowest BCUT2D eigenvalue weighted by Crippen LogP contribution is -2.39. The van der Waals surface area contributed by atoms with E-state index < -0.39 is 0 Å². The Morgan fingerprint density at radius 3 is 1.06 bits per heavy atom. The third-order valence-electron chi connectivity index (χ3n) is 7.57. The van der Waals surface area contributed by atoms with Crippen molar-refractivity contribution in [3.8, 4) is 0 Å². The average Bonchev–Trinajstić information content (AvgIpc) is 3.21. The van der Waals surface area contributed by atoms with Crippen LogP contribution in [0, 0.1) is 0 Å². The van der Waals surface area contributed by atoms with Gasteiger partial charge in [-0.1, -0.05) is 143 Å². The fraction of sp³-hybridized carbons (Fsp3) is 0.935. The molecule has 33 heavy (non-hydrogen) atoms. The molecule has 0 saturated carbocycles. The molecule has 0 N–H and O–H groups in total. The van der Waals surface area contributed by atoms with Gasteiger partial charge in [0, 0.05) is 25.5 Å². The Kier molecular flexibility index (Phi) is 21.3. The summed E-state index contributed by atoms with van der Waals surface area (Å²) in [5.74, 6) is 0. The molecule has 0 saturated heterocycles. The molecule has 0 aromatic rings. The van der Waals surface area contributed by atoms with E-state index in [0.29, 0.717) is 6.17 Å². The van der Waals surface area contributed by atoms with Crippen LogP contribution >= 0.6 is 0 Å². The Bertz CT molecular complexity index is 419. The summed E-state index contributed by atoms with van der Waals surface area (Å²) in [5.41, 5.74) is 0. The Labute approximate surface area is 210 Å². The average molecular weight is 463 g/mol. The van der Waals surface area contributed by atoms with Crippen LogP contribution in [0.15, 0.2) is 12.4 Å². The first-order chi connectivity index (χ1) is 16.3. The maximum Gasteiger partial charge on any atom is 0.101 e. The Morgan fingerprint density at radius 2 is 0.697 bits per heavy atom. The van der Waals surface area contributed by atoms with Gasteiger partial charge >= 0.3 is 0 Å². The van der Waals surface area contributed by atoms with Crippen LogP contribution in [0.2, 0.25) is 0 Å². The quantitative estimate of drug-likeness (QED) is 0.124. The molecule has 0 spiro atoms. The van der Waals surface area contributed by atoms with Crippen molar-refractivity contribution >= 4 is 0 Å². The first-order valence-corrected chi connectivity index (χ1v) is 15.5. The van der Waals surface area contributed by atoms with Gasteiger partial charge in [-0.05, 0) is 25.7 Å². The van der Waals surface area contributed by atoms with Crippen molar-refractivity contribution in [3.63, 3.8) is 0 Å². The molecule has 2 nitrogen and oxygen atoms in total. The van der Waals surface area contributed by atoms with E-state index in [1.165, 1.54) is 161 Å². The lowest BCUT2D eigenvalue weighted by molar-refractivity contribution is 0.135. The third kappa shape index (κ3) is 16.6. The maximum atomic E-state index is 2.69. The first kappa shape index (κ1) is 30.4. The molecule has 1 heterocycles. The molecule has 0 fully saturated rings. The van der Waals surface area contributed by atoms with Gasteiger partial charge < -0.3 is 9.80 Å². The molecule has 0 amide bonds. The van der Waals surface area contributed by atoms with Crippen LogP contribution in [-0.4, -0.2) is 29.1 Å². The topological polar surface area (TPSA) is 6.48 Å². The summed E-state index contributed by atoms with van der Waals surface area (Å²) in [6.07, 6.45) is 38.0. The highest BCUT2D eigenvalue weighted by Crippen LogP contribution is 2.24. The lowest BCUT2D eigenvalue weighted by Gasteiger charge is -2.33. The minimum absolute atomic E-state index is 0.644. The fourth-order valence-electron chi connectivity index (χ4n) is 5.30. The summed E-state index contributed by atoms with van der Waals surface area (Å²) in [7, 11) is 0. The smallest absolute Gasteiger partial charge is 0.101 e. The normalized spacial score (nSPS) is 15.8. The maximum absolute atomic E-state index is 2.69. The minimum atomic E-state index is 0.644. The molecular formula is C31H62N2. The molecule has 1 atom stereocenters. The van der Waals surface area contributed by atoms with E-state index in [2.05, 4.69) is 43.0 Å². The van der Waals surface area contributed by atoms with Crippen molar-refractivity contribution in [1.29, 1.82) is 0 Å². The molecule has 1 rings (SSSR count). The summed E-state index contributed by atoms with van der Waals surface area (Å²) >= 11 is 0. The lowest BCUT2D eigenvalue weighted by atomic mass is 10.1. The molecule has 1 aliphatic rings. The van der Waals surface area contributed by atoms with Crippen molar-refractivity contribution in [2.75, 3.05) is 13.1 Å². The van der Waals surface area contributed by atoms with Crippen LogP contribution in [0.4, 0.5) is 0 Å². The van der Waals surface area contributed by atoms with Gasteiger partial charge in [0.25, 0.3) is 0 Å². The van der Waals surface area contributed by atoms with Gasteiger partial charge in [0.2, 0.25) is 0 Å². The summed E-state index contributed by atoms with van der Waals surface area (Å²) in [6.45, 7) is 9.46. The van der Waals surface area contributed by atoms with Gasteiger partial charge in [0.05, 0.1) is 0 Å². The van der Waals surface area contributed by atoms with Crippen LogP contribution < -0.4 is 0 Å². The molecule has 0 aromatic carbocycles. The van der Waals surface area contributed by atoms with Gasteiger partial charge in [0.1, 0.15) is 6.17 Å². The van der Waals surface area contributed by atoms with E-state index in [9.17, 15) is 0 Å². The Balaban J connectivity index is 2.21. The standard InChI is InChI=1S/C31H62N2/c1-4-7-10-13-15-16-17-18-19-22-25-28-33-30-29-32(27-24-21-12-9-6-3)31(33)26-23-20-14-11-8-5-2/h29-31H,4-28H2,1-3H3. The number of nitrogens with zero attached hydrogens (tertiary/aromatic N) is 2. The van der Waals surface area contributed by atoms with Crippen LogP contribution in [0.25, 0.3) is 0 Å². The zero-order chi connectivity index (χ0) is 23.8. The molecule has 1 aliphatic heterocycles. The molecular weight excluding hydrogens is 400 g/mol. The number of hydrogen-bond donors (Lipinski definition) is 0. The summed E-state index contributed by atoms with van der Waals surface area (Å²) < 4.78 is 0. The van der Waals surface area contributed by atoms with Gasteiger partial charge in [-0.15, -0.1) is 0 Å². The molecule has 0 radical (unpaired) electrons. The predicted molar refractivity (Wildman–Crippen MR) is 150 cm³/mol. The molecule has 0 aliphatic carbocycles. The second kappa shape index (κ2) is 23.1. The summed E-state index contributed by atoms with van der Waals surface area (Å²) in [4.78, 5) is 5.36. The van der Waals surface area contributed by atoms with Crippen molar-refractivity contribution < 1.29 is 0 Å². The van der Waals surface area contributed by atoms with Crippen molar-refractivity contribution in [1.82, 2.24) is 9.80 Å². The molecule has 0 bridgehead atoms. The van der Waals surface area contributed by atoms with Gasteiger partial charge in [-0.3, -0.25) is 0 Å². The minimum Gasteiger partial charge on any atom is -0.356 e. The van der Waals surface area contributed by atoms with Crippen molar-refractivity contribution in [2.45, 2.75) is 175 Å². The number of unbranched alkanes of at least 4 members (excludes halogenated alkanes) is 19. The zero-order valence-electron chi connectivity index (χ0n) is 23.3. The highest BCUT2D eigenvalue weighted by molar-refractivity contribution is 4.97. The predicted octanol–water partition coefficient (Wildman–Crippen LogP) is 10.4. The highest BCUT2D eigenvalue weighted by atomic mass is 15.4. The van der Waals surface area contributed by atoms with Gasteiger partial charge in [0.15, 0.2) is 0 Å². The van der Waals surface area contributed by atoms with E-state index in [-0.39, 0.29) is 0 Å². The van der Waals surface area contributed by atoms with Crippen molar-refractivity contribution in [2.24, 2.45) is 0 Å². The zero-order valence-corrected chi connectivity index (χ0v) is 23.3. The highest BCUT2D eigenvalue weighted by Gasteiger charge is 2.24. The molecule has 0 aromatic heterocycles. The van der Waals surface area contributed by atoms with Crippen molar-refractivity contribution in [3.05, 3.63) is 12.4 Å². The van der Waals surface area contributed by atoms with E-state index >= 15 is 0 Å². The third-order valence-corrected chi connectivity index (χ3v) is 7.57. The summed E-state index contributed by atoms with van der Waals surface area (Å²) in [6, 6.07) is 0. The molecule has 196 valence electrons. The largest absolute Gasteiger partial charge is 0.356 e. The van der Waals surface area contributed by atoms with Gasteiger partial charge in [-0.2, -0.15) is 0 Å². The molecule has 2 heteroatoms. The van der Waals surface area contributed by atoms with Crippen LogP contribution in [-0.2, 0) is 0 Å².